The number of esters is 1. The first-order valence-electron chi connectivity index (χ1n) is 9.39. The summed E-state index contributed by atoms with van der Waals surface area (Å²) in [6.07, 6.45) is 3.59. The largest absolute Gasteiger partial charge is 0.451 e. The molecule has 1 heterocycles. The van der Waals surface area contributed by atoms with Gasteiger partial charge in [0.2, 0.25) is 11.8 Å². The van der Waals surface area contributed by atoms with Crippen molar-refractivity contribution in [3.8, 4) is 0 Å². The molecule has 1 aromatic carbocycles. The van der Waals surface area contributed by atoms with Crippen LogP contribution in [-0.2, 0) is 23.9 Å². The van der Waals surface area contributed by atoms with E-state index in [1.165, 1.54) is 13.8 Å². The molecule has 8 nitrogen and oxygen atoms in total. The smallest absolute Gasteiger partial charge is 0.326 e. The molecule has 1 saturated heterocycles. The molecule has 1 aliphatic carbocycles. The van der Waals surface area contributed by atoms with Gasteiger partial charge in [-0.15, -0.1) is 0 Å². The summed E-state index contributed by atoms with van der Waals surface area (Å²) in [5.74, 6) is -3.06. The van der Waals surface area contributed by atoms with Gasteiger partial charge in [-0.2, -0.15) is 0 Å². The Morgan fingerprint density at radius 1 is 1.07 bits per heavy atom. The van der Waals surface area contributed by atoms with Crippen LogP contribution in [0.5, 0.6) is 0 Å². The van der Waals surface area contributed by atoms with Crippen LogP contribution in [0.25, 0.3) is 0 Å². The Morgan fingerprint density at radius 3 is 2.14 bits per heavy atom. The molecule has 1 fully saturated rings. The van der Waals surface area contributed by atoms with E-state index in [1.54, 1.807) is 24.3 Å². The van der Waals surface area contributed by atoms with Gasteiger partial charge in [0.25, 0.3) is 5.91 Å². The van der Waals surface area contributed by atoms with E-state index in [1.807, 2.05) is 12.2 Å². The fourth-order valence-electron chi connectivity index (χ4n) is 3.47. The monoisotopic (exact) mass is 398 g/mol. The van der Waals surface area contributed by atoms with Gasteiger partial charge < -0.3 is 10.1 Å². The predicted molar refractivity (Wildman–Crippen MR) is 103 cm³/mol. The summed E-state index contributed by atoms with van der Waals surface area (Å²) >= 11 is 0. The number of nitrogens with one attached hydrogen (secondary N) is 1. The van der Waals surface area contributed by atoms with Crippen molar-refractivity contribution in [3.63, 3.8) is 0 Å². The first-order valence-corrected chi connectivity index (χ1v) is 9.39. The van der Waals surface area contributed by atoms with Crippen LogP contribution in [0.3, 0.4) is 0 Å². The number of imide groups is 1. The second kappa shape index (κ2) is 8.38. The van der Waals surface area contributed by atoms with Crippen LogP contribution >= 0.6 is 0 Å². The van der Waals surface area contributed by atoms with Crippen LogP contribution < -0.4 is 5.32 Å². The van der Waals surface area contributed by atoms with Crippen molar-refractivity contribution in [3.05, 3.63) is 42.0 Å². The third kappa shape index (κ3) is 4.42. The van der Waals surface area contributed by atoms with Gasteiger partial charge in [0.05, 0.1) is 11.8 Å². The zero-order valence-electron chi connectivity index (χ0n) is 16.2. The molecule has 1 N–H and O–H groups in total. The number of benzene rings is 1. The molecule has 0 spiro atoms. The lowest BCUT2D eigenvalue weighted by atomic mass is 9.85. The molecule has 1 aliphatic heterocycles. The second-order valence-corrected chi connectivity index (χ2v) is 7.17. The second-order valence-electron chi connectivity index (χ2n) is 7.17. The minimum Gasteiger partial charge on any atom is -0.451 e. The third-order valence-corrected chi connectivity index (χ3v) is 5.12. The number of carbonyl (C=O) groups excluding carboxylic acids is 5. The highest BCUT2D eigenvalue weighted by molar-refractivity contribution is 6.07. The summed E-state index contributed by atoms with van der Waals surface area (Å²) in [7, 11) is 0. The van der Waals surface area contributed by atoms with Crippen LogP contribution in [0.1, 0.15) is 37.0 Å². The van der Waals surface area contributed by atoms with Gasteiger partial charge in [-0.05, 0) is 51.0 Å². The standard InChI is InChI=1S/C21H22N2O6/c1-12(24)14-7-9-15(10-8-14)22-19(26)13(2)29-18(25)11-23-20(27)16-5-3-4-6-17(16)21(23)28/h3-4,7-10,13,16-17H,5-6,11H2,1-2H3,(H,22,26)/t13-,16-,17-/m0/s1. The lowest BCUT2D eigenvalue weighted by Gasteiger charge is -2.17. The van der Waals surface area contributed by atoms with Crippen molar-refractivity contribution < 1.29 is 28.7 Å². The summed E-state index contributed by atoms with van der Waals surface area (Å²) < 4.78 is 5.09. The van der Waals surface area contributed by atoms with Gasteiger partial charge in [-0.25, -0.2) is 0 Å². The molecule has 2 aliphatic rings. The maximum Gasteiger partial charge on any atom is 0.326 e. The molecule has 3 atom stereocenters. The number of nitrogens with zero attached hydrogens (tertiary/aromatic N) is 1. The average Bonchev–Trinajstić information content (AvgIpc) is 2.93. The lowest BCUT2D eigenvalue weighted by molar-refractivity contribution is -0.158. The SMILES string of the molecule is CC(=O)c1ccc(NC(=O)[C@H](C)OC(=O)CN2C(=O)[C@H]3CC=CC[C@@H]3C2=O)cc1. The molecule has 0 radical (unpaired) electrons. The molecule has 0 saturated carbocycles. The molecule has 3 rings (SSSR count). The number of hydrogen-bond donors (Lipinski definition) is 1. The average molecular weight is 398 g/mol. The van der Waals surface area contributed by atoms with Gasteiger partial charge in [0, 0.05) is 11.3 Å². The normalized spacial score (nSPS) is 21.5. The van der Waals surface area contributed by atoms with Crippen LogP contribution in [0, 0.1) is 11.8 Å². The van der Waals surface area contributed by atoms with Crippen LogP contribution in [0.2, 0.25) is 0 Å². The molecule has 8 heteroatoms. The van der Waals surface area contributed by atoms with Crippen molar-refractivity contribution in [2.75, 3.05) is 11.9 Å². The Hall–Kier alpha value is -3.29. The van der Waals surface area contributed by atoms with Gasteiger partial charge in [-0.3, -0.25) is 28.9 Å². The number of allylic oxidation sites excluding steroid dienone is 2. The van der Waals surface area contributed by atoms with Crippen LogP contribution in [-0.4, -0.2) is 47.0 Å². The number of ether oxygens (including phenoxy) is 1. The minimum atomic E-state index is -1.12. The lowest BCUT2D eigenvalue weighted by Crippen LogP contribution is -2.39. The Labute approximate surface area is 167 Å². The molecule has 0 bridgehead atoms. The molecular weight excluding hydrogens is 376 g/mol. The third-order valence-electron chi connectivity index (χ3n) is 5.12. The first-order chi connectivity index (χ1) is 13.8. The molecule has 152 valence electrons. The maximum absolute atomic E-state index is 12.4. The predicted octanol–water partition coefficient (Wildman–Crippen LogP) is 1.71. The quantitative estimate of drug-likeness (QED) is 0.338. The summed E-state index contributed by atoms with van der Waals surface area (Å²) in [6, 6.07) is 6.29. The highest BCUT2D eigenvalue weighted by Crippen LogP contribution is 2.34. The Balaban J connectivity index is 1.53. The molecule has 1 aromatic rings. The number of Topliss-reactive ketones (excluding diaryl/α,β-unsaturated/α-hetero) is 1. The number of rotatable bonds is 6. The zero-order chi connectivity index (χ0) is 21.1. The molecule has 0 aromatic heterocycles. The molecule has 3 amide bonds. The van der Waals surface area contributed by atoms with E-state index in [-0.39, 0.29) is 17.6 Å². The van der Waals surface area contributed by atoms with E-state index < -0.39 is 36.4 Å². The van der Waals surface area contributed by atoms with E-state index in [0.29, 0.717) is 24.1 Å². The van der Waals surface area contributed by atoms with Gasteiger partial charge in [0.15, 0.2) is 11.9 Å². The molecular formula is C21H22N2O6. The minimum absolute atomic E-state index is 0.0909. The number of ketones is 1. The van der Waals surface area contributed by atoms with Crippen molar-refractivity contribution in [1.82, 2.24) is 4.90 Å². The highest BCUT2D eigenvalue weighted by Gasteiger charge is 2.47. The Bertz CT molecular complexity index is 863. The van der Waals surface area contributed by atoms with Gasteiger partial charge in [0.1, 0.15) is 6.54 Å². The maximum atomic E-state index is 12.4. The molecule has 0 unspecified atom stereocenters. The number of likely N-dealkylation sites (tertiary alicyclic amines) is 1. The fraction of sp³-hybridized carbons (Fsp3) is 0.381. The number of amides is 3. The van der Waals surface area contributed by atoms with Gasteiger partial charge >= 0.3 is 5.97 Å². The Morgan fingerprint density at radius 2 is 1.62 bits per heavy atom. The van der Waals surface area contributed by atoms with Crippen molar-refractivity contribution >= 4 is 35.2 Å². The number of carbonyl (C=O) groups is 5. The van der Waals surface area contributed by atoms with Crippen LogP contribution in [0.15, 0.2) is 36.4 Å². The summed E-state index contributed by atoms with van der Waals surface area (Å²) in [6.45, 7) is 2.33. The highest BCUT2D eigenvalue weighted by atomic mass is 16.5. The van der Waals surface area contributed by atoms with Crippen molar-refractivity contribution in [2.24, 2.45) is 11.8 Å². The van der Waals surface area contributed by atoms with Crippen molar-refractivity contribution in [1.29, 1.82) is 0 Å². The van der Waals surface area contributed by atoms with Crippen molar-refractivity contribution in [2.45, 2.75) is 32.8 Å². The van der Waals surface area contributed by atoms with E-state index in [9.17, 15) is 24.0 Å². The van der Waals surface area contributed by atoms with E-state index >= 15 is 0 Å². The van der Waals surface area contributed by atoms with E-state index in [0.717, 1.165) is 4.90 Å². The summed E-state index contributed by atoms with van der Waals surface area (Å²) in [4.78, 5) is 61.4. The van der Waals surface area contributed by atoms with Gasteiger partial charge in [-0.1, -0.05) is 12.2 Å². The molecule has 29 heavy (non-hydrogen) atoms. The zero-order valence-corrected chi connectivity index (χ0v) is 16.2. The fourth-order valence-corrected chi connectivity index (χ4v) is 3.47. The topological polar surface area (TPSA) is 110 Å². The number of hydrogen-bond acceptors (Lipinski definition) is 6. The van der Waals surface area contributed by atoms with E-state index in [4.69, 9.17) is 4.74 Å². The number of fused-ring (bicyclic) bond motifs is 1. The van der Waals surface area contributed by atoms with Crippen LogP contribution in [0.4, 0.5) is 5.69 Å². The summed E-state index contributed by atoms with van der Waals surface area (Å²) in [5.41, 5.74) is 0.961. The number of anilines is 1. The Kier molecular flexibility index (Phi) is 5.91. The first kappa shape index (κ1) is 20.4. The summed E-state index contributed by atoms with van der Waals surface area (Å²) in [5, 5.41) is 2.58. The van der Waals surface area contributed by atoms with E-state index in [2.05, 4.69) is 5.32 Å².